The van der Waals surface area contributed by atoms with Crippen LogP contribution in [0.1, 0.15) is 20.8 Å². The molecule has 1 aromatic rings. The Bertz CT molecular complexity index is 520. The molecule has 1 aromatic carbocycles. The highest BCUT2D eigenvalue weighted by Gasteiger charge is 2.56. The van der Waals surface area contributed by atoms with Crippen LogP contribution in [-0.2, 0) is 12.6 Å². The molecular weight excluding hydrogens is 396 g/mol. The highest BCUT2D eigenvalue weighted by atomic mass is 127. The van der Waals surface area contributed by atoms with Crippen LogP contribution in [-0.4, -0.2) is 17.3 Å². The summed E-state index contributed by atoms with van der Waals surface area (Å²) in [5, 5.41) is 0. The minimum Gasteiger partial charge on any atom is -0.186 e. The number of alkyl halides is 4. The van der Waals surface area contributed by atoms with Crippen molar-refractivity contribution in [3.05, 3.63) is 33.9 Å². The van der Waals surface area contributed by atoms with Gasteiger partial charge < -0.3 is 0 Å². The second kappa shape index (κ2) is 5.57. The Morgan fingerprint density at radius 3 is 1.89 bits per heavy atom. The second-order valence-electron chi connectivity index (χ2n) is 4.57. The monoisotopic (exact) mass is 410 g/mol. The lowest BCUT2D eigenvalue weighted by Crippen LogP contribution is -3.90. The molecule has 8 heteroatoms. The first-order valence-corrected chi connectivity index (χ1v) is 9.66. The molecule has 0 bridgehead atoms. The van der Waals surface area contributed by atoms with Crippen LogP contribution in [0.5, 0.6) is 0 Å². The summed E-state index contributed by atoms with van der Waals surface area (Å²) in [6.45, 7) is 5.03. The first kappa shape index (κ1) is 16.7. The summed E-state index contributed by atoms with van der Waals surface area (Å²) in [5.74, 6) is 0. The van der Waals surface area contributed by atoms with Crippen LogP contribution >= 0.6 is 0 Å². The molecule has 1 rings (SSSR count). The summed E-state index contributed by atoms with van der Waals surface area (Å²) in [6, 6.07) is 8.20. The standard InChI is InChI=1S/C11H14F3IO3S/c1-10(2,3)15(9-7-5-4-6-8-9)18-19(16,17)11(12,13)14/h4-8H,1-3H3/q+1. The van der Waals surface area contributed by atoms with Gasteiger partial charge in [0.25, 0.3) is 20.2 Å². The minimum atomic E-state index is -5.56. The normalized spacial score (nSPS) is 13.8. The van der Waals surface area contributed by atoms with E-state index in [1.165, 1.54) is 0 Å². The highest BCUT2D eigenvalue weighted by Crippen LogP contribution is 2.22. The van der Waals surface area contributed by atoms with Crippen molar-refractivity contribution in [1.29, 1.82) is 0 Å². The molecule has 0 unspecified atom stereocenters. The number of hydrogen-bond acceptors (Lipinski definition) is 3. The van der Waals surface area contributed by atoms with E-state index in [0.717, 1.165) is 0 Å². The third kappa shape index (κ3) is 4.32. The van der Waals surface area contributed by atoms with E-state index in [1.54, 1.807) is 51.1 Å². The number of rotatable bonds is 3. The molecule has 0 fully saturated rings. The Morgan fingerprint density at radius 1 is 1.05 bits per heavy atom. The van der Waals surface area contributed by atoms with Crippen LogP contribution in [0.3, 0.4) is 0 Å². The van der Waals surface area contributed by atoms with Gasteiger partial charge in [-0.1, -0.05) is 18.2 Å². The van der Waals surface area contributed by atoms with Gasteiger partial charge >= 0.3 is 15.6 Å². The van der Waals surface area contributed by atoms with Gasteiger partial charge in [-0.2, -0.15) is 21.6 Å². The Hall–Kier alpha value is -0.350. The van der Waals surface area contributed by atoms with E-state index in [9.17, 15) is 21.6 Å². The molecular formula is C11H14F3IO3S+. The molecule has 0 amide bonds. The van der Waals surface area contributed by atoms with Crippen molar-refractivity contribution >= 4 is 10.1 Å². The zero-order valence-electron chi connectivity index (χ0n) is 10.5. The topological polar surface area (TPSA) is 43.4 Å². The largest absolute Gasteiger partial charge is 0.526 e. The van der Waals surface area contributed by atoms with E-state index < -0.39 is 39.3 Å². The summed E-state index contributed by atoms with van der Waals surface area (Å²) in [5.41, 5.74) is -5.39. The van der Waals surface area contributed by atoms with Gasteiger partial charge in [-0.15, -0.1) is 0 Å². The van der Waals surface area contributed by atoms with Crippen LogP contribution in [0.2, 0.25) is 0 Å². The molecule has 0 aliphatic heterocycles. The molecule has 0 saturated heterocycles. The summed E-state index contributed by atoms with van der Waals surface area (Å²) < 4.78 is 64.0. The van der Waals surface area contributed by atoms with E-state index in [-0.39, 0.29) is 0 Å². The molecule has 0 aliphatic carbocycles. The third-order valence-corrected chi connectivity index (χ3v) is 10.0. The van der Waals surface area contributed by atoms with Crippen molar-refractivity contribution in [3.63, 3.8) is 0 Å². The zero-order chi connectivity index (χ0) is 14.9. The summed E-state index contributed by atoms with van der Waals surface area (Å²) >= 11 is -3.02. The maximum Gasteiger partial charge on any atom is 0.526 e. The van der Waals surface area contributed by atoms with Crippen molar-refractivity contribution in [2.75, 3.05) is 0 Å². The van der Waals surface area contributed by atoms with Gasteiger partial charge in [0.05, 0.1) is 0 Å². The Balaban J connectivity index is 3.17. The van der Waals surface area contributed by atoms with Crippen molar-refractivity contribution in [2.24, 2.45) is 0 Å². The van der Waals surface area contributed by atoms with Gasteiger partial charge in [0, 0.05) is 0 Å². The summed E-state index contributed by atoms with van der Waals surface area (Å²) in [7, 11) is -5.56. The van der Waals surface area contributed by atoms with Crippen molar-refractivity contribution in [2.45, 2.75) is 29.7 Å². The molecule has 0 aromatic heterocycles. The van der Waals surface area contributed by atoms with Crippen LogP contribution in [0.15, 0.2) is 30.3 Å². The van der Waals surface area contributed by atoms with Crippen LogP contribution in [0.4, 0.5) is 13.2 Å². The van der Waals surface area contributed by atoms with E-state index in [0.29, 0.717) is 3.57 Å². The first-order chi connectivity index (χ1) is 8.45. The van der Waals surface area contributed by atoms with E-state index >= 15 is 0 Å². The number of benzene rings is 1. The average molecular weight is 410 g/mol. The van der Waals surface area contributed by atoms with Crippen LogP contribution < -0.4 is 20.2 Å². The first-order valence-electron chi connectivity index (χ1n) is 5.21. The lowest BCUT2D eigenvalue weighted by Gasteiger charge is -2.17. The fourth-order valence-corrected chi connectivity index (χ4v) is 8.81. The van der Waals surface area contributed by atoms with Gasteiger partial charge in [-0.05, 0) is 35.4 Å². The van der Waals surface area contributed by atoms with Gasteiger partial charge in [-0.25, -0.2) is 0 Å². The zero-order valence-corrected chi connectivity index (χ0v) is 13.5. The second-order valence-corrected chi connectivity index (χ2v) is 13.1. The summed E-state index contributed by atoms with van der Waals surface area (Å²) in [6.07, 6.45) is 0. The maximum absolute atomic E-state index is 12.4. The fourth-order valence-electron chi connectivity index (χ4n) is 1.11. The molecule has 3 nitrogen and oxygen atoms in total. The van der Waals surface area contributed by atoms with Gasteiger partial charge in [0.15, 0.2) is 6.99 Å². The fraction of sp³-hybridized carbons (Fsp3) is 0.455. The van der Waals surface area contributed by atoms with Gasteiger partial charge in [0.2, 0.25) is 0 Å². The molecule has 1 radical (unpaired) electrons. The Morgan fingerprint density at radius 2 is 1.53 bits per heavy atom. The van der Waals surface area contributed by atoms with E-state index in [1.807, 2.05) is 0 Å². The predicted octanol–water partition coefficient (Wildman–Crippen LogP) is 0.0606. The molecule has 109 valence electrons. The maximum atomic E-state index is 12.4. The molecule has 0 heterocycles. The highest BCUT2D eigenvalue weighted by molar-refractivity contribution is 7.87. The number of hydrogen-bond donors (Lipinski definition) is 0. The average Bonchev–Trinajstić information content (AvgIpc) is 2.24. The lowest BCUT2D eigenvalue weighted by molar-refractivity contribution is -1.08. The molecule has 0 spiro atoms. The Kier molecular flexibility index (Phi) is 4.89. The van der Waals surface area contributed by atoms with Crippen LogP contribution in [0, 0.1) is 3.57 Å². The van der Waals surface area contributed by atoms with Crippen molar-refractivity contribution in [1.82, 2.24) is 0 Å². The Labute approximate surface area is 118 Å². The molecule has 0 saturated carbocycles. The van der Waals surface area contributed by atoms with E-state index in [2.05, 4.69) is 2.51 Å². The molecule has 19 heavy (non-hydrogen) atoms. The van der Waals surface area contributed by atoms with E-state index in [4.69, 9.17) is 0 Å². The minimum absolute atomic E-state index is 0.534. The smallest absolute Gasteiger partial charge is 0.186 e. The van der Waals surface area contributed by atoms with Crippen molar-refractivity contribution < 1.29 is 44.3 Å². The van der Waals surface area contributed by atoms with Gasteiger partial charge in [-0.3, -0.25) is 0 Å². The quantitative estimate of drug-likeness (QED) is 0.402. The third-order valence-electron chi connectivity index (χ3n) is 1.88. The predicted molar refractivity (Wildman–Crippen MR) is 61.0 cm³/mol. The molecule has 0 aliphatic rings. The molecule has 0 N–H and O–H groups in total. The van der Waals surface area contributed by atoms with Crippen molar-refractivity contribution in [3.8, 4) is 0 Å². The summed E-state index contributed by atoms with van der Waals surface area (Å²) in [4.78, 5) is 0. The van der Waals surface area contributed by atoms with Crippen LogP contribution in [0.25, 0.3) is 0 Å². The SMILES string of the molecule is CC(C)(C)[I+](OS(=O)(=O)C(F)(F)F)c1ccccc1. The van der Waals surface area contributed by atoms with Gasteiger partial charge in [0.1, 0.15) is 0 Å². The lowest BCUT2D eigenvalue weighted by atomic mass is 10.3. The molecule has 0 atom stereocenters. The number of halogens is 4.